The highest BCUT2D eigenvalue weighted by Crippen LogP contribution is 2.45. The van der Waals surface area contributed by atoms with E-state index in [0.29, 0.717) is 17.8 Å². The number of hydrogen-bond acceptors (Lipinski definition) is 2. The molecule has 2 heteroatoms. The van der Waals surface area contributed by atoms with Crippen molar-refractivity contribution < 1.29 is 10.2 Å². The van der Waals surface area contributed by atoms with Gasteiger partial charge in [-0.3, -0.25) is 0 Å². The van der Waals surface area contributed by atoms with Crippen LogP contribution in [0.4, 0.5) is 0 Å². The van der Waals surface area contributed by atoms with Crippen molar-refractivity contribution in [2.24, 2.45) is 17.8 Å². The average Bonchev–Trinajstić information content (AvgIpc) is 1.99. The Bertz CT molecular complexity index is 189. The largest absolute Gasteiger partial charge is 0.393 e. The van der Waals surface area contributed by atoms with Crippen LogP contribution in [0.3, 0.4) is 0 Å². The SMILES string of the molecule is CC(C)(O)C1CC2CC(O)CC(C2)C1. The smallest absolute Gasteiger partial charge is 0.0620 e. The Labute approximate surface area is 86.3 Å². The van der Waals surface area contributed by atoms with Crippen LogP contribution in [0.1, 0.15) is 46.0 Å². The van der Waals surface area contributed by atoms with Gasteiger partial charge >= 0.3 is 0 Å². The third kappa shape index (κ3) is 2.12. The van der Waals surface area contributed by atoms with Crippen LogP contribution in [0.15, 0.2) is 0 Å². The van der Waals surface area contributed by atoms with Crippen molar-refractivity contribution in [1.82, 2.24) is 0 Å². The lowest BCUT2D eigenvalue weighted by Gasteiger charge is -2.44. The minimum absolute atomic E-state index is 0.0681. The zero-order chi connectivity index (χ0) is 10.3. The summed E-state index contributed by atoms with van der Waals surface area (Å²) in [7, 11) is 0. The van der Waals surface area contributed by atoms with E-state index >= 15 is 0 Å². The molecule has 82 valence electrons. The number of aliphatic hydroxyl groups is 2. The summed E-state index contributed by atoms with van der Waals surface area (Å²) in [5, 5.41) is 19.6. The lowest BCUT2D eigenvalue weighted by molar-refractivity contribution is -0.0518. The zero-order valence-electron chi connectivity index (χ0n) is 9.24. The minimum Gasteiger partial charge on any atom is -0.393 e. The molecule has 0 aromatic rings. The van der Waals surface area contributed by atoms with Gasteiger partial charge in [0.2, 0.25) is 0 Å². The molecular weight excluding hydrogens is 176 g/mol. The van der Waals surface area contributed by atoms with Gasteiger partial charge in [-0.15, -0.1) is 0 Å². The van der Waals surface area contributed by atoms with Crippen molar-refractivity contribution in [1.29, 1.82) is 0 Å². The van der Waals surface area contributed by atoms with E-state index in [1.165, 1.54) is 6.42 Å². The van der Waals surface area contributed by atoms with E-state index in [4.69, 9.17) is 0 Å². The predicted molar refractivity (Wildman–Crippen MR) is 55.9 cm³/mol. The number of fused-ring (bicyclic) bond motifs is 2. The lowest BCUT2D eigenvalue weighted by Crippen LogP contribution is -2.41. The van der Waals surface area contributed by atoms with Crippen molar-refractivity contribution in [3.63, 3.8) is 0 Å². The summed E-state index contributed by atoms with van der Waals surface area (Å²) >= 11 is 0. The van der Waals surface area contributed by atoms with Crippen LogP contribution in [0, 0.1) is 17.8 Å². The first-order chi connectivity index (χ1) is 6.45. The Morgan fingerprint density at radius 3 is 1.86 bits per heavy atom. The first-order valence-electron chi connectivity index (χ1n) is 5.85. The normalized spacial score (nSPS) is 43.7. The van der Waals surface area contributed by atoms with E-state index in [-0.39, 0.29) is 6.10 Å². The average molecular weight is 198 g/mol. The number of rotatable bonds is 1. The van der Waals surface area contributed by atoms with E-state index in [1.54, 1.807) is 0 Å². The molecule has 2 aliphatic rings. The van der Waals surface area contributed by atoms with Crippen LogP contribution >= 0.6 is 0 Å². The van der Waals surface area contributed by atoms with E-state index in [1.807, 2.05) is 13.8 Å². The van der Waals surface area contributed by atoms with Crippen molar-refractivity contribution >= 4 is 0 Å². The highest BCUT2D eigenvalue weighted by Gasteiger charge is 2.40. The van der Waals surface area contributed by atoms with Crippen molar-refractivity contribution in [2.45, 2.75) is 57.7 Å². The highest BCUT2D eigenvalue weighted by molar-refractivity contribution is 4.91. The Kier molecular flexibility index (Phi) is 2.61. The predicted octanol–water partition coefficient (Wildman–Crippen LogP) is 1.94. The van der Waals surface area contributed by atoms with E-state index in [2.05, 4.69) is 0 Å². The summed E-state index contributed by atoms with van der Waals surface area (Å²) in [5.74, 6) is 1.77. The molecule has 2 atom stereocenters. The molecule has 2 fully saturated rings. The van der Waals surface area contributed by atoms with Gasteiger partial charge in [-0.05, 0) is 63.7 Å². The second kappa shape index (κ2) is 3.49. The fourth-order valence-corrected chi connectivity index (χ4v) is 3.39. The van der Waals surface area contributed by atoms with Gasteiger partial charge in [-0.1, -0.05) is 0 Å². The van der Waals surface area contributed by atoms with Crippen LogP contribution < -0.4 is 0 Å². The fourth-order valence-electron chi connectivity index (χ4n) is 3.39. The highest BCUT2D eigenvalue weighted by atomic mass is 16.3. The van der Waals surface area contributed by atoms with Gasteiger partial charge in [0.05, 0.1) is 11.7 Å². The molecule has 0 aromatic carbocycles. The Morgan fingerprint density at radius 2 is 1.43 bits per heavy atom. The monoisotopic (exact) mass is 198 g/mol. The topological polar surface area (TPSA) is 40.5 Å². The molecule has 14 heavy (non-hydrogen) atoms. The van der Waals surface area contributed by atoms with Gasteiger partial charge in [-0.25, -0.2) is 0 Å². The molecule has 0 saturated heterocycles. The standard InChI is InChI=1S/C12H22O2/c1-12(2,14)10-4-8-3-9(5-10)7-11(13)6-8/h8-11,13-14H,3-7H2,1-2H3. The molecular formula is C12H22O2. The van der Waals surface area contributed by atoms with E-state index < -0.39 is 5.60 Å². The van der Waals surface area contributed by atoms with Gasteiger partial charge in [-0.2, -0.15) is 0 Å². The van der Waals surface area contributed by atoms with Crippen LogP contribution in [-0.4, -0.2) is 21.9 Å². The minimum atomic E-state index is -0.529. The summed E-state index contributed by atoms with van der Waals surface area (Å²) in [5.41, 5.74) is -0.529. The molecule has 2 aliphatic carbocycles. The van der Waals surface area contributed by atoms with Crippen molar-refractivity contribution in [3.8, 4) is 0 Å². The molecule has 2 saturated carbocycles. The molecule has 2 rings (SSSR count). The van der Waals surface area contributed by atoms with Gasteiger partial charge in [0.1, 0.15) is 0 Å². The summed E-state index contributed by atoms with van der Waals surface area (Å²) in [6, 6.07) is 0. The van der Waals surface area contributed by atoms with Crippen LogP contribution in [0.25, 0.3) is 0 Å². The third-order valence-corrected chi connectivity index (χ3v) is 4.11. The van der Waals surface area contributed by atoms with Gasteiger partial charge in [0.15, 0.2) is 0 Å². The van der Waals surface area contributed by atoms with Crippen LogP contribution in [0.5, 0.6) is 0 Å². The Hall–Kier alpha value is -0.0800. The summed E-state index contributed by atoms with van der Waals surface area (Å²) < 4.78 is 0. The quantitative estimate of drug-likeness (QED) is 0.676. The molecule has 0 aromatic heterocycles. The second-order valence-electron chi connectivity index (χ2n) is 5.91. The Balaban J connectivity index is 2.02. The third-order valence-electron chi connectivity index (χ3n) is 4.11. The first kappa shape index (κ1) is 10.4. The summed E-state index contributed by atoms with van der Waals surface area (Å²) in [4.78, 5) is 0. The van der Waals surface area contributed by atoms with Crippen LogP contribution in [-0.2, 0) is 0 Å². The molecule has 2 nitrogen and oxygen atoms in total. The molecule has 2 unspecified atom stereocenters. The fraction of sp³-hybridized carbons (Fsp3) is 1.00. The van der Waals surface area contributed by atoms with Crippen molar-refractivity contribution in [3.05, 3.63) is 0 Å². The second-order valence-corrected chi connectivity index (χ2v) is 5.91. The molecule has 2 N–H and O–H groups in total. The number of aliphatic hydroxyl groups excluding tert-OH is 1. The van der Waals surface area contributed by atoms with E-state index in [9.17, 15) is 10.2 Å². The summed E-state index contributed by atoms with van der Waals surface area (Å²) in [6.45, 7) is 3.85. The van der Waals surface area contributed by atoms with Gasteiger partial charge in [0.25, 0.3) is 0 Å². The van der Waals surface area contributed by atoms with Crippen LogP contribution in [0.2, 0.25) is 0 Å². The molecule has 0 radical (unpaired) electrons. The molecule has 0 aliphatic heterocycles. The first-order valence-corrected chi connectivity index (χ1v) is 5.85. The van der Waals surface area contributed by atoms with Crippen molar-refractivity contribution in [2.75, 3.05) is 0 Å². The molecule has 0 amide bonds. The maximum absolute atomic E-state index is 10.0. The lowest BCUT2D eigenvalue weighted by atomic mass is 9.64. The maximum Gasteiger partial charge on any atom is 0.0620 e. The van der Waals surface area contributed by atoms with Gasteiger partial charge in [0, 0.05) is 0 Å². The number of hydrogen-bond donors (Lipinski definition) is 2. The van der Waals surface area contributed by atoms with E-state index in [0.717, 1.165) is 25.7 Å². The molecule has 0 heterocycles. The summed E-state index contributed by atoms with van der Waals surface area (Å²) in [6.07, 6.45) is 5.35. The maximum atomic E-state index is 10.0. The molecule has 0 spiro atoms. The zero-order valence-corrected chi connectivity index (χ0v) is 9.24. The Morgan fingerprint density at radius 1 is 0.929 bits per heavy atom. The van der Waals surface area contributed by atoms with Gasteiger partial charge < -0.3 is 10.2 Å². The molecule has 2 bridgehead atoms.